The van der Waals surface area contributed by atoms with Crippen LogP contribution >= 0.6 is 23.2 Å². The van der Waals surface area contributed by atoms with Gasteiger partial charge in [0.1, 0.15) is 16.7 Å². The molecule has 1 fully saturated rings. The number of halogens is 6. The largest absolute Gasteiger partial charge is 0.410 e. The van der Waals surface area contributed by atoms with Crippen LogP contribution in [0.4, 0.5) is 29.1 Å². The predicted octanol–water partition coefficient (Wildman–Crippen LogP) is 5.95. The molecule has 36 heavy (non-hydrogen) atoms. The van der Waals surface area contributed by atoms with Crippen molar-refractivity contribution in [1.82, 2.24) is 14.7 Å². The lowest BCUT2D eigenvalue weighted by molar-refractivity contribution is -0.173. The summed E-state index contributed by atoms with van der Waals surface area (Å²) in [5, 5.41) is 7.39. The molecule has 2 aliphatic rings. The molecule has 5 rings (SSSR count). The number of nitrogens with one attached hydrogen (secondary N) is 1. The average molecular weight is 542 g/mol. The summed E-state index contributed by atoms with van der Waals surface area (Å²) in [6, 6.07) is 9.92. The Morgan fingerprint density at radius 1 is 0.972 bits per heavy atom. The van der Waals surface area contributed by atoms with Crippen molar-refractivity contribution in [3.8, 4) is 0 Å². The molecule has 1 amide bonds. The zero-order chi connectivity index (χ0) is 25.6. The molecule has 0 aliphatic carbocycles. The van der Waals surface area contributed by atoms with Gasteiger partial charge in [-0.05, 0) is 42.0 Å². The molecule has 3 aromatic rings. The maximum absolute atomic E-state index is 14.0. The van der Waals surface area contributed by atoms with Crippen LogP contribution in [0.15, 0.2) is 48.5 Å². The molecule has 1 N–H and O–H groups in total. The summed E-state index contributed by atoms with van der Waals surface area (Å²) in [6.45, 7) is 1.59. The van der Waals surface area contributed by atoms with Crippen molar-refractivity contribution in [1.29, 1.82) is 0 Å². The molecular formula is C24H21Cl2F4N5O. The lowest BCUT2D eigenvalue weighted by Crippen LogP contribution is -2.49. The Kier molecular flexibility index (Phi) is 6.50. The Bertz CT molecular complexity index is 1260. The normalized spacial score (nSPS) is 20.2. The minimum atomic E-state index is -4.60. The number of rotatable bonds is 3. The van der Waals surface area contributed by atoms with Crippen molar-refractivity contribution in [2.75, 3.05) is 36.4 Å². The van der Waals surface area contributed by atoms with Gasteiger partial charge in [0.2, 0.25) is 0 Å². The number of carbonyl (C=O) groups excluding carboxylic acids is 1. The van der Waals surface area contributed by atoms with Crippen LogP contribution in [0.2, 0.25) is 10.0 Å². The summed E-state index contributed by atoms with van der Waals surface area (Å²) in [6.07, 6.45) is -4.92. The highest BCUT2D eigenvalue weighted by atomic mass is 35.5. The van der Waals surface area contributed by atoms with Gasteiger partial charge >= 0.3 is 6.18 Å². The lowest BCUT2D eigenvalue weighted by Gasteiger charge is -2.35. The van der Waals surface area contributed by atoms with Gasteiger partial charge in [0.05, 0.1) is 6.04 Å². The van der Waals surface area contributed by atoms with Crippen LogP contribution in [0.3, 0.4) is 0 Å². The molecule has 3 heterocycles. The van der Waals surface area contributed by atoms with E-state index in [4.69, 9.17) is 23.2 Å². The predicted molar refractivity (Wildman–Crippen MR) is 129 cm³/mol. The number of hydrogen-bond acceptors (Lipinski definition) is 4. The number of fused-ring (bicyclic) bond motifs is 1. The Morgan fingerprint density at radius 3 is 2.22 bits per heavy atom. The first-order valence-corrected chi connectivity index (χ1v) is 12.0. The minimum Gasteiger partial charge on any atom is -0.368 e. The number of hydrogen-bond donors (Lipinski definition) is 1. The van der Waals surface area contributed by atoms with E-state index in [1.807, 2.05) is 4.90 Å². The van der Waals surface area contributed by atoms with E-state index < -0.39 is 24.2 Å². The Balaban J connectivity index is 1.38. The van der Waals surface area contributed by atoms with Crippen molar-refractivity contribution >= 4 is 40.6 Å². The van der Waals surface area contributed by atoms with E-state index in [-0.39, 0.29) is 28.8 Å². The maximum atomic E-state index is 14.0. The van der Waals surface area contributed by atoms with Crippen LogP contribution in [0, 0.1) is 5.82 Å². The molecule has 6 nitrogen and oxygen atoms in total. The Hall–Kier alpha value is -2.98. The summed E-state index contributed by atoms with van der Waals surface area (Å²) in [7, 11) is 0. The monoisotopic (exact) mass is 541 g/mol. The number of nitrogens with zero attached hydrogens (tertiary/aromatic N) is 4. The van der Waals surface area contributed by atoms with Gasteiger partial charge in [0.15, 0.2) is 11.7 Å². The van der Waals surface area contributed by atoms with Gasteiger partial charge in [-0.1, -0.05) is 35.3 Å². The second-order valence-corrected chi connectivity index (χ2v) is 9.57. The second-order valence-electron chi connectivity index (χ2n) is 8.75. The van der Waals surface area contributed by atoms with Crippen molar-refractivity contribution in [2.45, 2.75) is 24.7 Å². The van der Waals surface area contributed by atoms with E-state index in [1.165, 1.54) is 17.0 Å². The highest BCUT2D eigenvalue weighted by Gasteiger charge is 2.48. The van der Waals surface area contributed by atoms with Gasteiger partial charge in [-0.2, -0.15) is 18.3 Å². The van der Waals surface area contributed by atoms with E-state index in [0.29, 0.717) is 36.8 Å². The third-order valence-electron chi connectivity index (χ3n) is 6.53. The topological polar surface area (TPSA) is 53.4 Å². The fourth-order valence-electron chi connectivity index (χ4n) is 4.61. The maximum Gasteiger partial charge on any atom is 0.410 e. The van der Waals surface area contributed by atoms with Crippen LogP contribution < -0.4 is 10.2 Å². The van der Waals surface area contributed by atoms with Crippen molar-refractivity contribution < 1.29 is 22.4 Å². The van der Waals surface area contributed by atoms with Crippen molar-refractivity contribution in [2.24, 2.45) is 0 Å². The zero-order valence-electron chi connectivity index (χ0n) is 18.8. The minimum absolute atomic E-state index is 0.0431. The molecule has 0 bridgehead atoms. The van der Waals surface area contributed by atoms with Crippen LogP contribution in [0.1, 0.15) is 34.6 Å². The molecular weight excluding hydrogens is 521 g/mol. The molecule has 2 aromatic carbocycles. The van der Waals surface area contributed by atoms with Crippen LogP contribution in [-0.2, 0) is 0 Å². The number of carbonyl (C=O) groups is 1. The van der Waals surface area contributed by atoms with E-state index in [2.05, 4.69) is 10.4 Å². The second kappa shape index (κ2) is 9.48. The summed E-state index contributed by atoms with van der Waals surface area (Å²) < 4.78 is 56.0. The van der Waals surface area contributed by atoms with Gasteiger partial charge in [0.25, 0.3) is 5.91 Å². The highest BCUT2D eigenvalue weighted by molar-refractivity contribution is 6.36. The molecule has 1 aromatic heterocycles. The van der Waals surface area contributed by atoms with Crippen LogP contribution in [-0.4, -0.2) is 52.9 Å². The van der Waals surface area contributed by atoms with Gasteiger partial charge in [-0.25, -0.2) is 9.07 Å². The average Bonchev–Trinajstić information content (AvgIpc) is 3.19. The molecule has 1 saturated heterocycles. The first-order valence-electron chi connectivity index (χ1n) is 11.3. The SMILES string of the molecule is O=C(c1nn2c(c1Cl)N[C@@H](c1ccc(Cl)cc1)C[C@@H]2C(F)(F)F)N1CCN(c2ccc(F)cc2)CC1. The summed E-state index contributed by atoms with van der Waals surface area (Å²) in [4.78, 5) is 16.8. The molecule has 0 saturated carbocycles. The Labute approximate surface area is 214 Å². The van der Waals surface area contributed by atoms with E-state index in [9.17, 15) is 22.4 Å². The molecule has 0 unspecified atom stereocenters. The molecule has 2 atom stereocenters. The summed E-state index contributed by atoms with van der Waals surface area (Å²) in [5.41, 5.74) is 1.21. The molecule has 12 heteroatoms. The van der Waals surface area contributed by atoms with Crippen molar-refractivity contribution in [3.05, 3.63) is 75.7 Å². The fraction of sp³-hybridized carbons (Fsp3) is 0.333. The van der Waals surface area contributed by atoms with Gasteiger partial charge in [-0.15, -0.1) is 0 Å². The van der Waals surface area contributed by atoms with Crippen LogP contribution in [0.25, 0.3) is 0 Å². The molecule has 190 valence electrons. The Morgan fingerprint density at radius 2 is 1.61 bits per heavy atom. The number of alkyl halides is 3. The third-order valence-corrected chi connectivity index (χ3v) is 7.14. The number of anilines is 2. The van der Waals surface area contributed by atoms with Gasteiger partial charge in [-0.3, -0.25) is 4.79 Å². The smallest absolute Gasteiger partial charge is 0.368 e. The first kappa shape index (κ1) is 24.7. The van der Waals surface area contributed by atoms with E-state index >= 15 is 0 Å². The van der Waals surface area contributed by atoms with Gasteiger partial charge < -0.3 is 15.1 Å². The number of aromatic nitrogens is 2. The van der Waals surface area contributed by atoms with E-state index in [0.717, 1.165) is 10.4 Å². The van der Waals surface area contributed by atoms with Crippen LogP contribution in [0.5, 0.6) is 0 Å². The quantitative estimate of drug-likeness (QED) is 0.416. The van der Waals surface area contributed by atoms with E-state index in [1.54, 1.807) is 36.4 Å². The molecule has 2 aliphatic heterocycles. The zero-order valence-corrected chi connectivity index (χ0v) is 20.3. The molecule has 0 radical (unpaired) electrons. The standard InChI is InChI=1S/C24H21Cl2F4N5O/c25-15-3-1-14(2-4-15)18-13-19(24(28,29)30)35-22(31-18)20(26)21(32-35)23(36)34-11-9-33(10-12-34)17-7-5-16(27)6-8-17/h1-8,18-19,31H,9-13H2/t18-,19-/m1/s1. The highest BCUT2D eigenvalue weighted by Crippen LogP contribution is 2.46. The first-order chi connectivity index (χ1) is 17.1. The summed E-state index contributed by atoms with van der Waals surface area (Å²) >= 11 is 12.4. The van der Waals surface area contributed by atoms with Gasteiger partial charge in [0, 0.05) is 43.3 Å². The molecule has 0 spiro atoms. The number of amides is 1. The number of piperazine rings is 1. The summed E-state index contributed by atoms with van der Waals surface area (Å²) in [5.74, 6) is -0.917. The van der Waals surface area contributed by atoms with Crippen molar-refractivity contribution in [3.63, 3.8) is 0 Å². The number of benzene rings is 2. The lowest BCUT2D eigenvalue weighted by atomic mass is 9.97. The fourth-order valence-corrected chi connectivity index (χ4v) is 5.00. The third kappa shape index (κ3) is 4.71.